The summed E-state index contributed by atoms with van der Waals surface area (Å²) in [6, 6.07) is 14.2. The van der Waals surface area contributed by atoms with Gasteiger partial charge in [0.25, 0.3) is 0 Å². The van der Waals surface area contributed by atoms with Gasteiger partial charge in [0, 0.05) is 5.56 Å². The van der Waals surface area contributed by atoms with Crippen molar-refractivity contribution in [3.05, 3.63) is 53.7 Å². The Balaban J connectivity index is 2.08. The van der Waals surface area contributed by atoms with Gasteiger partial charge in [-0.3, -0.25) is 0 Å². The maximum Gasteiger partial charge on any atom is 0.0966 e. The first kappa shape index (κ1) is 9.55. The van der Waals surface area contributed by atoms with Crippen molar-refractivity contribution >= 4 is 0 Å². The van der Waals surface area contributed by atoms with Crippen LogP contribution >= 0.6 is 0 Å². The lowest BCUT2D eigenvalue weighted by Gasteiger charge is -2.06. The number of benzene rings is 1. The fourth-order valence-electron chi connectivity index (χ4n) is 2.20. The van der Waals surface area contributed by atoms with Crippen LogP contribution in [0.1, 0.15) is 23.8 Å². The summed E-state index contributed by atoms with van der Waals surface area (Å²) in [6.07, 6.45) is 1.37. The van der Waals surface area contributed by atoms with Crippen molar-refractivity contribution < 1.29 is 5.11 Å². The van der Waals surface area contributed by atoms with Gasteiger partial charge in [-0.25, -0.2) is 4.98 Å². The zero-order valence-corrected chi connectivity index (χ0v) is 8.93. The fourth-order valence-corrected chi connectivity index (χ4v) is 2.20. The number of fused-ring (bicyclic) bond motifs is 1. The third-order valence-corrected chi connectivity index (χ3v) is 3.08. The first-order valence-electron chi connectivity index (χ1n) is 5.58. The predicted molar refractivity (Wildman–Crippen MR) is 63.0 cm³/mol. The lowest BCUT2D eigenvalue weighted by Crippen LogP contribution is -1.96. The van der Waals surface area contributed by atoms with Crippen molar-refractivity contribution in [2.24, 2.45) is 0 Å². The molecule has 16 heavy (non-hydrogen) atoms. The molecule has 3 rings (SSSR count). The van der Waals surface area contributed by atoms with Crippen LogP contribution in [0.2, 0.25) is 0 Å². The number of hydrogen-bond acceptors (Lipinski definition) is 2. The van der Waals surface area contributed by atoms with E-state index in [-0.39, 0.29) is 6.10 Å². The molecule has 0 unspecified atom stereocenters. The summed E-state index contributed by atoms with van der Waals surface area (Å²) in [6.45, 7) is 0. The Hall–Kier alpha value is -1.67. The zero-order valence-electron chi connectivity index (χ0n) is 8.93. The summed E-state index contributed by atoms with van der Waals surface area (Å²) in [5.41, 5.74) is 4.10. The second-order valence-corrected chi connectivity index (χ2v) is 4.16. The van der Waals surface area contributed by atoms with Gasteiger partial charge in [-0.15, -0.1) is 0 Å². The molecule has 1 aliphatic carbocycles. The topological polar surface area (TPSA) is 33.1 Å². The molecular formula is C14H13NO. The number of rotatable bonds is 1. The van der Waals surface area contributed by atoms with E-state index in [1.807, 2.05) is 36.4 Å². The molecule has 1 heterocycles. The standard InChI is InChI=1S/C14H13NO/c16-13-9-7-11-6-8-12(15-14(11)13)10-4-2-1-3-5-10/h1-6,8,13,16H,7,9H2/t13-/m0/s1. The summed E-state index contributed by atoms with van der Waals surface area (Å²) >= 11 is 0. The largest absolute Gasteiger partial charge is 0.387 e. The van der Waals surface area contributed by atoms with E-state index in [0.717, 1.165) is 29.8 Å². The Morgan fingerprint density at radius 2 is 1.88 bits per heavy atom. The van der Waals surface area contributed by atoms with Gasteiger partial charge in [-0.2, -0.15) is 0 Å². The fraction of sp³-hybridized carbons (Fsp3) is 0.214. The number of nitrogens with zero attached hydrogens (tertiary/aromatic N) is 1. The van der Waals surface area contributed by atoms with E-state index >= 15 is 0 Å². The van der Waals surface area contributed by atoms with Gasteiger partial charge < -0.3 is 5.11 Å². The molecule has 2 heteroatoms. The highest BCUT2D eigenvalue weighted by Crippen LogP contribution is 2.31. The maximum atomic E-state index is 9.79. The number of aromatic nitrogens is 1. The van der Waals surface area contributed by atoms with E-state index in [1.165, 1.54) is 5.56 Å². The van der Waals surface area contributed by atoms with Crippen LogP contribution in [0.5, 0.6) is 0 Å². The highest BCUT2D eigenvalue weighted by molar-refractivity contribution is 5.59. The van der Waals surface area contributed by atoms with Crippen LogP contribution in [0.3, 0.4) is 0 Å². The number of aliphatic hydroxyl groups is 1. The number of aliphatic hydroxyl groups excluding tert-OH is 1. The van der Waals surface area contributed by atoms with Crippen LogP contribution < -0.4 is 0 Å². The minimum Gasteiger partial charge on any atom is -0.387 e. The van der Waals surface area contributed by atoms with E-state index in [4.69, 9.17) is 0 Å². The van der Waals surface area contributed by atoms with E-state index in [0.29, 0.717) is 0 Å². The highest BCUT2D eigenvalue weighted by atomic mass is 16.3. The Morgan fingerprint density at radius 3 is 2.69 bits per heavy atom. The molecule has 1 aromatic heterocycles. The molecule has 2 nitrogen and oxygen atoms in total. The average molecular weight is 211 g/mol. The van der Waals surface area contributed by atoms with Gasteiger partial charge in [0.15, 0.2) is 0 Å². The monoisotopic (exact) mass is 211 g/mol. The van der Waals surface area contributed by atoms with Gasteiger partial charge >= 0.3 is 0 Å². The van der Waals surface area contributed by atoms with Gasteiger partial charge in [0.2, 0.25) is 0 Å². The molecule has 0 aliphatic heterocycles. The third-order valence-electron chi connectivity index (χ3n) is 3.08. The minimum atomic E-state index is -0.376. The van der Waals surface area contributed by atoms with Crippen molar-refractivity contribution in [3.8, 4) is 11.3 Å². The van der Waals surface area contributed by atoms with Crippen molar-refractivity contribution in [2.75, 3.05) is 0 Å². The quantitative estimate of drug-likeness (QED) is 0.786. The Morgan fingerprint density at radius 1 is 1.06 bits per heavy atom. The van der Waals surface area contributed by atoms with E-state index in [2.05, 4.69) is 11.1 Å². The van der Waals surface area contributed by atoms with Gasteiger partial charge in [0.05, 0.1) is 17.5 Å². The van der Waals surface area contributed by atoms with E-state index in [1.54, 1.807) is 0 Å². The molecule has 1 aromatic carbocycles. The summed E-state index contributed by atoms with van der Waals surface area (Å²) in [4.78, 5) is 4.55. The molecule has 1 N–H and O–H groups in total. The minimum absolute atomic E-state index is 0.376. The number of aryl methyl sites for hydroxylation is 1. The van der Waals surface area contributed by atoms with Crippen LogP contribution in [-0.4, -0.2) is 10.1 Å². The Bertz CT molecular complexity index is 507. The molecule has 80 valence electrons. The van der Waals surface area contributed by atoms with Crippen LogP contribution in [0, 0.1) is 0 Å². The smallest absolute Gasteiger partial charge is 0.0966 e. The zero-order chi connectivity index (χ0) is 11.0. The normalized spacial score (nSPS) is 18.4. The predicted octanol–water partition coefficient (Wildman–Crippen LogP) is 2.73. The molecule has 0 fully saturated rings. The van der Waals surface area contributed by atoms with Crippen molar-refractivity contribution in [1.29, 1.82) is 0 Å². The SMILES string of the molecule is O[C@H]1CCc2ccc(-c3ccccc3)nc21. The summed E-state index contributed by atoms with van der Waals surface area (Å²) in [5.74, 6) is 0. The van der Waals surface area contributed by atoms with Gasteiger partial charge in [-0.1, -0.05) is 36.4 Å². The second kappa shape index (κ2) is 3.72. The van der Waals surface area contributed by atoms with Gasteiger partial charge in [-0.05, 0) is 24.5 Å². The van der Waals surface area contributed by atoms with Crippen LogP contribution in [-0.2, 0) is 6.42 Å². The van der Waals surface area contributed by atoms with Crippen LogP contribution in [0.25, 0.3) is 11.3 Å². The van der Waals surface area contributed by atoms with Gasteiger partial charge in [0.1, 0.15) is 0 Å². The molecule has 0 spiro atoms. The molecule has 0 saturated carbocycles. The molecule has 1 atom stereocenters. The lowest BCUT2D eigenvalue weighted by atomic mass is 10.1. The number of hydrogen-bond donors (Lipinski definition) is 1. The summed E-state index contributed by atoms with van der Waals surface area (Å²) in [5, 5.41) is 9.79. The summed E-state index contributed by atoms with van der Waals surface area (Å²) in [7, 11) is 0. The molecular weight excluding hydrogens is 198 g/mol. The maximum absolute atomic E-state index is 9.79. The van der Waals surface area contributed by atoms with Crippen molar-refractivity contribution in [3.63, 3.8) is 0 Å². The highest BCUT2D eigenvalue weighted by Gasteiger charge is 2.21. The third kappa shape index (κ3) is 1.51. The van der Waals surface area contributed by atoms with E-state index < -0.39 is 0 Å². The van der Waals surface area contributed by atoms with Crippen molar-refractivity contribution in [1.82, 2.24) is 4.98 Å². The first-order chi connectivity index (χ1) is 7.84. The van der Waals surface area contributed by atoms with Crippen LogP contribution in [0.15, 0.2) is 42.5 Å². The molecule has 0 radical (unpaired) electrons. The molecule has 0 saturated heterocycles. The average Bonchev–Trinajstić information content (AvgIpc) is 2.72. The van der Waals surface area contributed by atoms with Crippen molar-refractivity contribution in [2.45, 2.75) is 18.9 Å². The van der Waals surface area contributed by atoms with Crippen LogP contribution in [0.4, 0.5) is 0 Å². The van der Waals surface area contributed by atoms with E-state index in [9.17, 15) is 5.11 Å². The molecule has 2 aromatic rings. The molecule has 1 aliphatic rings. The lowest BCUT2D eigenvalue weighted by molar-refractivity contribution is 0.176. The molecule has 0 amide bonds. The first-order valence-corrected chi connectivity index (χ1v) is 5.58. The number of pyridine rings is 1. The Labute approximate surface area is 94.6 Å². The Kier molecular flexibility index (Phi) is 2.22. The summed E-state index contributed by atoms with van der Waals surface area (Å²) < 4.78 is 0. The second-order valence-electron chi connectivity index (χ2n) is 4.16. The molecule has 0 bridgehead atoms.